The number of anilines is 2. The minimum atomic E-state index is -0.275. The number of rotatable bonds is 4. The van der Waals surface area contributed by atoms with E-state index in [9.17, 15) is 9.59 Å². The summed E-state index contributed by atoms with van der Waals surface area (Å²) in [5.74, 6) is -0.134. The van der Waals surface area contributed by atoms with E-state index in [0.717, 1.165) is 5.39 Å². The van der Waals surface area contributed by atoms with Gasteiger partial charge < -0.3 is 11.1 Å². The number of nitrogens with two attached hydrogens (primary N) is 1. The average molecular weight is 313 g/mol. The zero-order chi connectivity index (χ0) is 16.4. The third-order valence-corrected chi connectivity index (χ3v) is 3.25. The molecule has 3 rings (SSSR count). The highest BCUT2D eigenvalue weighted by molar-refractivity contribution is 5.92. The van der Waals surface area contributed by atoms with Crippen molar-refractivity contribution in [3.05, 3.63) is 30.6 Å². The molecule has 0 atom stereocenters. The topological polar surface area (TPSA) is 121 Å². The SMILES string of the molecule is CCC(=O)Nc1cn(CC(=O)n2ncc3cc(N)ccc32)nn1. The number of nitrogens with one attached hydrogen (secondary N) is 1. The number of aromatic nitrogens is 5. The van der Waals surface area contributed by atoms with Crippen molar-refractivity contribution in [3.8, 4) is 0 Å². The van der Waals surface area contributed by atoms with Gasteiger partial charge in [0, 0.05) is 17.5 Å². The van der Waals surface area contributed by atoms with Gasteiger partial charge in [0.1, 0.15) is 6.54 Å². The Bertz CT molecular complexity index is 880. The number of hydrogen-bond acceptors (Lipinski definition) is 6. The first-order chi connectivity index (χ1) is 11.1. The van der Waals surface area contributed by atoms with Crippen molar-refractivity contribution in [1.82, 2.24) is 24.8 Å². The fourth-order valence-corrected chi connectivity index (χ4v) is 2.12. The van der Waals surface area contributed by atoms with E-state index in [4.69, 9.17) is 5.73 Å². The maximum absolute atomic E-state index is 12.4. The van der Waals surface area contributed by atoms with Gasteiger partial charge in [0.2, 0.25) is 5.91 Å². The van der Waals surface area contributed by atoms with Gasteiger partial charge in [-0.15, -0.1) is 5.10 Å². The van der Waals surface area contributed by atoms with Crippen molar-refractivity contribution < 1.29 is 9.59 Å². The number of nitrogens with zero attached hydrogens (tertiary/aromatic N) is 5. The van der Waals surface area contributed by atoms with Crippen LogP contribution < -0.4 is 11.1 Å². The molecule has 0 unspecified atom stereocenters. The van der Waals surface area contributed by atoms with Crippen LogP contribution in [0.4, 0.5) is 11.5 Å². The third kappa shape index (κ3) is 3.03. The van der Waals surface area contributed by atoms with Gasteiger partial charge in [-0.1, -0.05) is 12.1 Å². The minimum absolute atomic E-state index is 0.0455. The molecule has 9 nitrogen and oxygen atoms in total. The Morgan fingerprint density at radius 1 is 1.35 bits per heavy atom. The number of carbonyl (C=O) groups excluding carboxylic acids is 2. The molecule has 23 heavy (non-hydrogen) atoms. The second-order valence-corrected chi connectivity index (χ2v) is 4.97. The Morgan fingerprint density at radius 2 is 2.17 bits per heavy atom. The van der Waals surface area contributed by atoms with Gasteiger partial charge in [0.25, 0.3) is 5.91 Å². The fraction of sp³-hybridized carbons (Fsp3) is 0.214. The van der Waals surface area contributed by atoms with Crippen LogP contribution in [-0.4, -0.2) is 36.6 Å². The monoisotopic (exact) mass is 313 g/mol. The molecule has 1 amide bonds. The quantitative estimate of drug-likeness (QED) is 0.690. The van der Waals surface area contributed by atoms with Gasteiger partial charge in [0.05, 0.1) is 17.9 Å². The summed E-state index contributed by atoms with van der Waals surface area (Å²) in [5, 5.41) is 15.1. The molecule has 0 aliphatic heterocycles. The van der Waals surface area contributed by atoms with Crippen molar-refractivity contribution >= 4 is 34.2 Å². The summed E-state index contributed by atoms with van der Waals surface area (Å²) in [5.41, 5.74) is 6.99. The molecule has 1 aromatic carbocycles. The predicted molar refractivity (Wildman–Crippen MR) is 83.7 cm³/mol. The Kier molecular flexibility index (Phi) is 3.75. The highest BCUT2D eigenvalue weighted by Gasteiger charge is 2.13. The van der Waals surface area contributed by atoms with Crippen molar-refractivity contribution in [2.45, 2.75) is 19.9 Å². The molecule has 0 fully saturated rings. The predicted octanol–water partition coefficient (Wildman–Crippen LogP) is 0.899. The third-order valence-electron chi connectivity index (χ3n) is 3.25. The van der Waals surface area contributed by atoms with Crippen molar-refractivity contribution in [2.75, 3.05) is 11.1 Å². The summed E-state index contributed by atoms with van der Waals surface area (Å²) in [4.78, 5) is 23.6. The lowest BCUT2D eigenvalue weighted by molar-refractivity contribution is -0.115. The first kappa shape index (κ1) is 14.7. The van der Waals surface area contributed by atoms with E-state index in [2.05, 4.69) is 20.7 Å². The summed E-state index contributed by atoms with van der Waals surface area (Å²) in [6, 6.07) is 5.20. The van der Waals surface area contributed by atoms with Gasteiger partial charge in [-0.2, -0.15) is 9.78 Å². The lowest BCUT2D eigenvalue weighted by Gasteiger charge is -2.02. The molecule has 2 aromatic heterocycles. The molecule has 2 heterocycles. The maximum Gasteiger partial charge on any atom is 0.269 e. The number of nitrogen functional groups attached to an aromatic ring is 1. The molecular weight excluding hydrogens is 298 g/mol. The Labute approximate surface area is 131 Å². The van der Waals surface area contributed by atoms with Gasteiger partial charge in [-0.3, -0.25) is 9.59 Å². The standard InChI is InChI=1S/C14H15N7O2/c1-2-13(22)17-12-7-20(19-18-12)8-14(23)21-11-4-3-10(15)5-9(11)6-16-21/h3-7H,2,8,15H2,1H3,(H,17,22). The van der Waals surface area contributed by atoms with E-state index in [1.54, 1.807) is 31.3 Å². The van der Waals surface area contributed by atoms with Gasteiger partial charge in [-0.25, -0.2) is 4.68 Å². The van der Waals surface area contributed by atoms with Crippen LogP contribution in [0.25, 0.3) is 10.9 Å². The molecule has 0 bridgehead atoms. The number of carbonyl (C=O) groups is 2. The number of fused-ring (bicyclic) bond motifs is 1. The van der Waals surface area contributed by atoms with E-state index in [1.165, 1.54) is 15.6 Å². The number of benzene rings is 1. The highest BCUT2D eigenvalue weighted by Crippen LogP contribution is 2.17. The van der Waals surface area contributed by atoms with E-state index in [1.807, 2.05) is 0 Å². The zero-order valence-corrected chi connectivity index (χ0v) is 12.4. The van der Waals surface area contributed by atoms with Crippen LogP contribution in [0.5, 0.6) is 0 Å². The molecule has 0 saturated heterocycles. The number of amides is 1. The molecule has 9 heteroatoms. The summed E-state index contributed by atoms with van der Waals surface area (Å²) in [6.45, 7) is 1.69. The first-order valence-electron chi connectivity index (χ1n) is 7.03. The zero-order valence-electron chi connectivity index (χ0n) is 12.4. The van der Waals surface area contributed by atoms with Crippen LogP contribution in [0.3, 0.4) is 0 Å². The molecule has 118 valence electrons. The minimum Gasteiger partial charge on any atom is -0.399 e. The van der Waals surface area contributed by atoms with Crippen LogP contribution >= 0.6 is 0 Å². The average Bonchev–Trinajstić information content (AvgIpc) is 3.13. The van der Waals surface area contributed by atoms with E-state index in [0.29, 0.717) is 23.4 Å². The van der Waals surface area contributed by atoms with Crippen LogP contribution in [0.15, 0.2) is 30.6 Å². The maximum atomic E-state index is 12.4. The van der Waals surface area contributed by atoms with Crippen molar-refractivity contribution in [2.24, 2.45) is 0 Å². The highest BCUT2D eigenvalue weighted by atomic mass is 16.2. The molecule has 0 spiro atoms. The second-order valence-electron chi connectivity index (χ2n) is 4.97. The molecule has 0 saturated carbocycles. The molecule has 0 aliphatic carbocycles. The smallest absolute Gasteiger partial charge is 0.269 e. The molecule has 3 N–H and O–H groups in total. The fourth-order valence-electron chi connectivity index (χ4n) is 2.12. The molecule has 0 aliphatic rings. The van der Waals surface area contributed by atoms with Gasteiger partial charge in [0.15, 0.2) is 5.82 Å². The van der Waals surface area contributed by atoms with Crippen molar-refractivity contribution in [3.63, 3.8) is 0 Å². The molecule has 3 aromatic rings. The second kappa shape index (κ2) is 5.87. The lowest BCUT2D eigenvalue weighted by Crippen LogP contribution is -2.19. The summed E-state index contributed by atoms with van der Waals surface area (Å²) >= 11 is 0. The van der Waals surface area contributed by atoms with Gasteiger partial charge in [-0.05, 0) is 18.2 Å². The Balaban J connectivity index is 1.77. The van der Waals surface area contributed by atoms with Crippen LogP contribution in [0, 0.1) is 0 Å². The van der Waals surface area contributed by atoms with Crippen LogP contribution in [0.2, 0.25) is 0 Å². The summed E-state index contributed by atoms with van der Waals surface area (Å²) < 4.78 is 2.64. The Hall–Kier alpha value is -3.23. The van der Waals surface area contributed by atoms with E-state index >= 15 is 0 Å². The van der Waals surface area contributed by atoms with Crippen LogP contribution in [0.1, 0.15) is 18.1 Å². The van der Waals surface area contributed by atoms with Crippen LogP contribution in [-0.2, 0) is 11.3 Å². The van der Waals surface area contributed by atoms with Crippen molar-refractivity contribution in [1.29, 1.82) is 0 Å². The first-order valence-corrected chi connectivity index (χ1v) is 7.03. The van der Waals surface area contributed by atoms with E-state index in [-0.39, 0.29) is 18.4 Å². The summed E-state index contributed by atoms with van der Waals surface area (Å²) in [6.07, 6.45) is 3.42. The molecular formula is C14H15N7O2. The van der Waals surface area contributed by atoms with E-state index < -0.39 is 0 Å². The normalized spacial score (nSPS) is 10.8. The van der Waals surface area contributed by atoms with Gasteiger partial charge >= 0.3 is 0 Å². The molecule has 0 radical (unpaired) electrons. The number of hydrogen-bond donors (Lipinski definition) is 2. The summed E-state index contributed by atoms with van der Waals surface area (Å²) in [7, 11) is 0. The Morgan fingerprint density at radius 3 is 2.96 bits per heavy atom. The lowest BCUT2D eigenvalue weighted by atomic mass is 10.2. The largest absolute Gasteiger partial charge is 0.399 e.